The maximum absolute atomic E-state index is 11.2. The highest BCUT2D eigenvalue weighted by Crippen LogP contribution is 2.20. The van der Waals surface area contributed by atoms with Crippen LogP contribution in [0.4, 0.5) is 5.13 Å². The molecule has 1 atom stereocenters. The number of hydrogen-bond donors (Lipinski definition) is 2. The van der Waals surface area contributed by atoms with Gasteiger partial charge in [-0.25, -0.2) is 9.78 Å². The molecule has 90 valence electrons. The summed E-state index contributed by atoms with van der Waals surface area (Å²) < 4.78 is 4.56. The van der Waals surface area contributed by atoms with Gasteiger partial charge in [-0.2, -0.15) is 5.21 Å². The van der Waals surface area contributed by atoms with Crippen molar-refractivity contribution in [1.29, 1.82) is 0 Å². The van der Waals surface area contributed by atoms with Gasteiger partial charge < -0.3 is 10.1 Å². The van der Waals surface area contributed by atoms with Gasteiger partial charge in [-0.3, -0.25) is 0 Å². The molecular weight excluding hydrogens is 244 g/mol. The number of methoxy groups -OCH3 is 1. The Balaban J connectivity index is 2.04. The van der Waals surface area contributed by atoms with Crippen molar-refractivity contribution in [1.82, 2.24) is 25.6 Å². The number of rotatable bonds is 4. The Labute approximate surface area is 100 Å². The highest BCUT2D eigenvalue weighted by molar-refractivity contribution is 7.13. The molecule has 0 bridgehead atoms. The van der Waals surface area contributed by atoms with Gasteiger partial charge in [0.15, 0.2) is 16.6 Å². The second-order valence-electron chi connectivity index (χ2n) is 3.17. The molecule has 2 rings (SSSR count). The maximum atomic E-state index is 11.2. The Morgan fingerprint density at radius 1 is 1.65 bits per heavy atom. The lowest BCUT2D eigenvalue weighted by molar-refractivity contribution is 0.0595. The largest absolute Gasteiger partial charge is 0.464 e. The SMILES string of the molecule is COC(=O)c1csc(NC(C)c2nn[nH]n2)n1. The Morgan fingerprint density at radius 3 is 3.12 bits per heavy atom. The summed E-state index contributed by atoms with van der Waals surface area (Å²) in [5, 5.41) is 18.8. The van der Waals surface area contributed by atoms with Gasteiger partial charge in [0.2, 0.25) is 0 Å². The minimum Gasteiger partial charge on any atom is -0.464 e. The number of carbonyl (C=O) groups excluding carboxylic acids is 1. The van der Waals surface area contributed by atoms with Crippen molar-refractivity contribution in [3.8, 4) is 0 Å². The van der Waals surface area contributed by atoms with E-state index in [0.29, 0.717) is 11.0 Å². The first-order valence-corrected chi connectivity index (χ1v) is 5.62. The van der Waals surface area contributed by atoms with Crippen LogP contribution in [0.2, 0.25) is 0 Å². The third-order valence-corrected chi connectivity index (χ3v) is 2.76. The predicted octanol–water partition coefficient (Wildman–Crippen LogP) is 0.616. The Kier molecular flexibility index (Phi) is 3.28. The molecule has 0 amide bonds. The number of nitrogens with zero attached hydrogens (tertiary/aromatic N) is 4. The molecule has 0 fully saturated rings. The van der Waals surface area contributed by atoms with Gasteiger partial charge in [0.25, 0.3) is 0 Å². The zero-order chi connectivity index (χ0) is 12.3. The molecule has 2 aromatic rings. The highest BCUT2D eigenvalue weighted by atomic mass is 32.1. The van der Waals surface area contributed by atoms with Gasteiger partial charge in [-0.05, 0) is 6.92 Å². The van der Waals surface area contributed by atoms with Crippen LogP contribution >= 0.6 is 11.3 Å². The molecule has 9 heteroatoms. The number of carbonyl (C=O) groups is 1. The molecule has 0 radical (unpaired) electrons. The monoisotopic (exact) mass is 254 g/mol. The molecule has 2 N–H and O–H groups in total. The van der Waals surface area contributed by atoms with Gasteiger partial charge in [-0.15, -0.1) is 21.5 Å². The third-order valence-electron chi connectivity index (χ3n) is 1.99. The summed E-state index contributed by atoms with van der Waals surface area (Å²) in [7, 11) is 1.32. The molecule has 0 saturated carbocycles. The van der Waals surface area contributed by atoms with Crippen molar-refractivity contribution in [2.45, 2.75) is 13.0 Å². The van der Waals surface area contributed by atoms with E-state index in [-0.39, 0.29) is 11.7 Å². The van der Waals surface area contributed by atoms with Crippen LogP contribution in [0.25, 0.3) is 0 Å². The molecule has 0 aromatic carbocycles. The summed E-state index contributed by atoms with van der Waals surface area (Å²) in [6.45, 7) is 1.87. The zero-order valence-electron chi connectivity index (χ0n) is 9.17. The van der Waals surface area contributed by atoms with E-state index in [4.69, 9.17) is 0 Å². The van der Waals surface area contributed by atoms with E-state index >= 15 is 0 Å². The number of thiazole rings is 1. The van der Waals surface area contributed by atoms with E-state index in [1.807, 2.05) is 6.92 Å². The maximum Gasteiger partial charge on any atom is 0.357 e. The Hall–Kier alpha value is -2.03. The molecule has 17 heavy (non-hydrogen) atoms. The molecular formula is C8H10N6O2S. The standard InChI is InChI=1S/C8H10N6O2S/c1-4(6-11-13-14-12-6)9-8-10-5(3-17-8)7(15)16-2/h3-4H,1-2H3,(H,9,10)(H,11,12,13,14). The first-order chi connectivity index (χ1) is 8.20. The van der Waals surface area contributed by atoms with Crippen molar-refractivity contribution in [2.24, 2.45) is 0 Å². The first-order valence-electron chi connectivity index (χ1n) is 4.74. The van der Waals surface area contributed by atoms with Gasteiger partial charge >= 0.3 is 5.97 Å². The molecule has 0 saturated heterocycles. The summed E-state index contributed by atoms with van der Waals surface area (Å²) in [6, 6.07) is -0.148. The van der Waals surface area contributed by atoms with Crippen molar-refractivity contribution < 1.29 is 9.53 Å². The fourth-order valence-electron chi connectivity index (χ4n) is 1.14. The molecule has 8 nitrogen and oxygen atoms in total. The zero-order valence-corrected chi connectivity index (χ0v) is 9.98. The van der Waals surface area contributed by atoms with E-state index in [9.17, 15) is 4.79 Å². The van der Waals surface area contributed by atoms with Crippen LogP contribution in [0, 0.1) is 0 Å². The molecule has 0 aliphatic rings. The number of hydrogen-bond acceptors (Lipinski definition) is 8. The van der Waals surface area contributed by atoms with Crippen LogP contribution in [0.5, 0.6) is 0 Å². The lowest BCUT2D eigenvalue weighted by atomic mass is 10.3. The summed E-state index contributed by atoms with van der Waals surface area (Å²) in [4.78, 5) is 15.3. The molecule has 1 unspecified atom stereocenters. The number of ether oxygens (including phenoxy) is 1. The Morgan fingerprint density at radius 2 is 2.47 bits per heavy atom. The summed E-state index contributed by atoms with van der Waals surface area (Å²) >= 11 is 1.31. The number of nitrogens with one attached hydrogen (secondary N) is 2. The normalized spacial score (nSPS) is 12.1. The third kappa shape index (κ3) is 2.56. The van der Waals surface area contributed by atoms with Gasteiger partial charge in [-0.1, -0.05) is 5.21 Å². The van der Waals surface area contributed by atoms with Crippen LogP contribution in [0.1, 0.15) is 29.3 Å². The van der Waals surface area contributed by atoms with E-state index < -0.39 is 5.97 Å². The van der Waals surface area contributed by atoms with Crippen LogP contribution in [-0.4, -0.2) is 38.7 Å². The second kappa shape index (κ2) is 4.87. The van der Waals surface area contributed by atoms with Crippen LogP contribution in [0.3, 0.4) is 0 Å². The summed E-state index contributed by atoms with van der Waals surface area (Å²) in [5.41, 5.74) is 0.278. The highest BCUT2D eigenvalue weighted by Gasteiger charge is 2.14. The van der Waals surface area contributed by atoms with E-state index in [1.165, 1.54) is 18.4 Å². The fraction of sp³-hybridized carbons (Fsp3) is 0.375. The topological polar surface area (TPSA) is 106 Å². The van der Waals surface area contributed by atoms with Gasteiger partial charge in [0.1, 0.15) is 0 Å². The average Bonchev–Trinajstić information content (AvgIpc) is 2.98. The Bertz CT molecular complexity index is 496. The summed E-state index contributed by atoms with van der Waals surface area (Å²) in [5.74, 6) is 0.0707. The first kappa shape index (κ1) is 11.5. The van der Waals surface area contributed by atoms with Crippen molar-refractivity contribution in [2.75, 3.05) is 12.4 Å². The number of aromatic nitrogens is 5. The molecule has 2 aromatic heterocycles. The van der Waals surface area contributed by atoms with Crippen molar-refractivity contribution in [3.63, 3.8) is 0 Å². The minimum atomic E-state index is -0.457. The molecule has 2 heterocycles. The number of esters is 1. The lowest BCUT2D eigenvalue weighted by Gasteiger charge is -2.07. The molecule has 0 aliphatic carbocycles. The number of anilines is 1. The van der Waals surface area contributed by atoms with Gasteiger partial charge in [0.05, 0.1) is 13.2 Å². The van der Waals surface area contributed by atoms with Crippen LogP contribution in [0.15, 0.2) is 5.38 Å². The minimum absolute atomic E-state index is 0.148. The van der Waals surface area contributed by atoms with E-state index in [2.05, 4.69) is 35.7 Å². The van der Waals surface area contributed by atoms with E-state index in [1.54, 1.807) is 5.38 Å². The van der Waals surface area contributed by atoms with Crippen molar-refractivity contribution >= 4 is 22.4 Å². The predicted molar refractivity (Wildman–Crippen MR) is 59.7 cm³/mol. The second-order valence-corrected chi connectivity index (χ2v) is 4.02. The van der Waals surface area contributed by atoms with Crippen LogP contribution < -0.4 is 5.32 Å². The van der Waals surface area contributed by atoms with Crippen LogP contribution in [-0.2, 0) is 4.74 Å². The average molecular weight is 254 g/mol. The number of tetrazole rings is 1. The number of aromatic amines is 1. The fourth-order valence-corrected chi connectivity index (χ4v) is 1.91. The molecule has 0 spiro atoms. The molecule has 0 aliphatic heterocycles. The van der Waals surface area contributed by atoms with Gasteiger partial charge in [0, 0.05) is 5.38 Å². The van der Waals surface area contributed by atoms with Crippen molar-refractivity contribution in [3.05, 3.63) is 16.9 Å². The lowest BCUT2D eigenvalue weighted by Crippen LogP contribution is -2.09. The summed E-state index contributed by atoms with van der Waals surface area (Å²) in [6.07, 6.45) is 0. The smallest absolute Gasteiger partial charge is 0.357 e. The van der Waals surface area contributed by atoms with E-state index in [0.717, 1.165) is 0 Å². The number of H-pyrrole nitrogens is 1. The quantitative estimate of drug-likeness (QED) is 0.770.